The van der Waals surface area contributed by atoms with Crippen LogP contribution < -0.4 is 11.1 Å². The highest BCUT2D eigenvalue weighted by atomic mass is 19.4. The zero-order valence-electron chi connectivity index (χ0n) is 15.9. The van der Waals surface area contributed by atoms with E-state index in [1.807, 2.05) is 24.3 Å². The minimum absolute atomic E-state index is 0.302. The predicted octanol–water partition coefficient (Wildman–Crippen LogP) is 4.89. The number of nitrogens with one attached hydrogen (secondary N) is 1. The number of nitrogens with zero attached hydrogens (tertiary/aromatic N) is 2. The molecule has 8 heteroatoms. The van der Waals surface area contributed by atoms with Crippen molar-refractivity contribution in [3.63, 3.8) is 0 Å². The summed E-state index contributed by atoms with van der Waals surface area (Å²) in [6, 6.07) is 14.4. The van der Waals surface area contributed by atoms with E-state index in [9.17, 15) is 13.2 Å². The van der Waals surface area contributed by atoms with Crippen molar-refractivity contribution in [2.24, 2.45) is 5.73 Å². The Kier molecular flexibility index (Phi) is 5.41. The fraction of sp³-hybridized carbons (Fsp3) is 0.182. The summed E-state index contributed by atoms with van der Waals surface area (Å²) in [6.45, 7) is 0.388. The SMILES string of the molecule is NC(CNc1cc(-c2ccc3cnccc3c2)no1)Cc1ccc(C(F)(F)F)cc1. The summed E-state index contributed by atoms with van der Waals surface area (Å²) in [5.41, 5.74) is 7.78. The van der Waals surface area contributed by atoms with E-state index in [0.717, 1.165) is 34.0 Å². The lowest BCUT2D eigenvalue weighted by Crippen LogP contribution is -2.31. The highest BCUT2D eigenvalue weighted by molar-refractivity contribution is 5.86. The fourth-order valence-corrected chi connectivity index (χ4v) is 3.17. The van der Waals surface area contributed by atoms with Crippen LogP contribution in [0.5, 0.6) is 0 Å². The minimum Gasteiger partial charge on any atom is -0.352 e. The first-order valence-electron chi connectivity index (χ1n) is 9.35. The van der Waals surface area contributed by atoms with Gasteiger partial charge in [0.2, 0.25) is 5.88 Å². The monoisotopic (exact) mass is 412 g/mol. The summed E-state index contributed by atoms with van der Waals surface area (Å²) >= 11 is 0. The molecule has 3 N–H and O–H groups in total. The summed E-state index contributed by atoms with van der Waals surface area (Å²) in [4.78, 5) is 4.10. The third-order valence-electron chi connectivity index (χ3n) is 4.76. The van der Waals surface area contributed by atoms with Crippen molar-refractivity contribution >= 4 is 16.7 Å². The van der Waals surface area contributed by atoms with Crippen LogP contribution in [0.15, 0.2) is 71.5 Å². The molecule has 1 atom stereocenters. The highest BCUT2D eigenvalue weighted by Gasteiger charge is 2.29. The quantitative estimate of drug-likeness (QED) is 0.472. The number of halogens is 3. The predicted molar refractivity (Wildman–Crippen MR) is 109 cm³/mol. The Morgan fingerprint density at radius 1 is 1.00 bits per heavy atom. The lowest BCUT2D eigenvalue weighted by atomic mass is 10.0. The van der Waals surface area contributed by atoms with Crippen molar-refractivity contribution in [2.45, 2.75) is 18.6 Å². The largest absolute Gasteiger partial charge is 0.416 e. The Morgan fingerprint density at radius 3 is 2.57 bits per heavy atom. The smallest absolute Gasteiger partial charge is 0.352 e. The molecule has 0 saturated carbocycles. The van der Waals surface area contributed by atoms with Crippen LogP contribution in [0.1, 0.15) is 11.1 Å². The number of pyridine rings is 1. The molecule has 0 aliphatic carbocycles. The van der Waals surface area contributed by atoms with Crippen LogP contribution in [0.3, 0.4) is 0 Å². The van der Waals surface area contributed by atoms with Gasteiger partial charge in [0.1, 0.15) is 5.69 Å². The molecule has 4 aromatic rings. The summed E-state index contributed by atoms with van der Waals surface area (Å²) in [6.07, 6.45) is -0.369. The van der Waals surface area contributed by atoms with Crippen LogP contribution in [-0.4, -0.2) is 22.7 Å². The Bertz CT molecular complexity index is 1140. The van der Waals surface area contributed by atoms with E-state index in [2.05, 4.69) is 15.5 Å². The van der Waals surface area contributed by atoms with E-state index >= 15 is 0 Å². The number of benzene rings is 2. The molecule has 0 amide bonds. The van der Waals surface area contributed by atoms with Gasteiger partial charge < -0.3 is 15.6 Å². The zero-order chi connectivity index (χ0) is 21.1. The van der Waals surface area contributed by atoms with Gasteiger partial charge in [-0.2, -0.15) is 13.2 Å². The number of anilines is 1. The Balaban J connectivity index is 1.35. The van der Waals surface area contributed by atoms with Crippen molar-refractivity contribution in [1.82, 2.24) is 10.1 Å². The van der Waals surface area contributed by atoms with Gasteiger partial charge in [0.25, 0.3) is 0 Å². The second kappa shape index (κ2) is 8.16. The Labute approximate surface area is 170 Å². The fourth-order valence-electron chi connectivity index (χ4n) is 3.17. The summed E-state index contributed by atoms with van der Waals surface area (Å²) in [7, 11) is 0. The number of alkyl halides is 3. The molecule has 5 nitrogen and oxygen atoms in total. The minimum atomic E-state index is -4.34. The molecule has 0 bridgehead atoms. The molecular weight excluding hydrogens is 393 g/mol. The molecule has 0 aliphatic heterocycles. The maximum atomic E-state index is 12.6. The molecule has 2 aromatic heterocycles. The number of aromatic nitrogens is 2. The molecule has 30 heavy (non-hydrogen) atoms. The van der Waals surface area contributed by atoms with Crippen LogP contribution in [0, 0.1) is 0 Å². The molecule has 2 aromatic carbocycles. The Hall–Kier alpha value is -3.39. The normalized spacial score (nSPS) is 12.8. The van der Waals surface area contributed by atoms with E-state index in [4.69, 9.17) is 10.3 Å². The van der Waals surface area contributed by atoms with E-state index in [-0.39, 0.29) is 6.04 Å². The third kappa shape index (κ3) is 4.60. The first kappa shape index (κ1) is 19.9. The molecule has 0 saturated heterocycles. The number of hydrogen-bond donors (Lipinski definition) is 2. The summed E-state index contributed by atoms with van der Waals surface area (Å²) in [5.74, 6) is 0.475. The van der Waals surface area contributed by atoms with Crippen molar-refractivity contribution < 1.29 is 17.7 Å². The maximum absolute atomic E-state index is 12.6. The van der Waals surface area contributed by atoms with Crippen LogP contribution in [-0.2, 0) is 12.6 Å². The van der Waals surface area contributed by atoms with Gasteiger partial charge in [-0.3, -0.25) is 4.98 Å². The third-order valence-corrected chi connectivity index (χ3v) is 4.76. The molecule has 4 rings (SSSR count). The van der Waals surface area contributed by atoms with Crippen LogP contribution in [0.2, 0.25) is 0 Å². The molecule has 2 heterocycles. The van der Waals surface area contributed by atoms with Gasteiger partial charge in [-0.25, -0.2) is 0 Å². The summed E-state index contributed by atoms with van der Waals surface area (Å²) in [5, 5.41) is 9.26. The van der Waals surface area contributed by atoms with Gasteiger partial charge >= 0.3 is 6.18 Å². The average Bonchev–Trinajstić information content (AvgIpc) is 3.21. The van der Waals surface area contributed by atoms with Gasteiger partial charge in [-0.05, 0) is 41.6 Å². The van der Waals surface area contributed by atoms with Crippen LogP contribution in [0.4, 0.5) is 19.1 Å². The highest BCUT2D eigenvalue weighted by Crippen LogP contribution is 2.29. The van der Waals surface area contributed by atoms with Crippen molar-refractivity contribution in [2.75, 3.05) is 11.9 Å². The first-order chi connectivity index (χ1) is 14.4. The molecule has 0 spiro atoms. The summed E-state index contributed by atoms with van der Waals surface area (Å²) < 4.78 is 43.2. The van der Waals surface area contributed by atoms with E-state index in [1.165, 1.54) is 12.1 Å². The second-order valence-electron chi connectivity index (χ2n) is 7.05. The van der Waals surface area contributed by atoms with Crippen LogP contribution in [0.25, 0.3) is 22.0 Å². The Morgan fingerprint density at radius 2 is 1.80 bits per heavy atom. The molecule has 0 fully saturated rings. The molecule has 154 valence electrons. The van der Waals surface area contributed by atoms with E-state index < -0.39 is 11.7 Å². The topological polar surface area (TPSA) is 77.0 Å². The number of hydrogen-bond acceptors (Lipinski definition) is 5. The van der Waals surface area contributed by atoms with E-state index in [1.54, 1.807) is 18.5 Å². The molecular formula is C22H19F3N4O. The van der Waals surface area contributed by atoms with Gasteiger partial charge in [-0.15, -0.1) is 0 Å². The van der Waals surface area contributed by atoms with Gasteiger partial charge in [0.05, 0.1) is 5.56 Å². The maximum Gasteiger partial charge on any atom is 0.416 e. The molecule has 0 radical (unpaired) electrons. The number of nitrogens with two attached hydrogens (primary N) is 1. The van der Waals surface area contributed by atoms with Gasteiger partial charge in [-0.1, -0.05) is 29.4 Å². The second-order valence-corrected chi connectivity index (χ2v) is 7.05. The zero-order valence-corrected chi connectivity index (χ0v) is 15.9. The number of fused-ring (bicyclic) bond motifs is 1. The van der Waals surface area contributed by atoms with Gasteiger partial charge in [0.15, 0.2) is 0 Å². The molecule has 1 unspecified atom stereocenters. The van der Waals surface area contributed by atoms with Crippen molar-refractivity contribution in [3.8, 4) is 11.3 Å². The average molecular weight is 412 g/mol. The van der Waals surface area contributed by atoms with Crippen molar-refractivity contribution in [1.29, 1.82) is 0 Å². The standard InChI is InChI=1S/C22H19F3N4O/c23-22(24,25)18-5-1-14(2-6-18)9-19(26)13-28-21-11-20(29-30-21)16-3-4-17-12-27-8-7-15(17)10-16/h1-8,10-12,19,28H,9,13,26H2. The van der Waals surface area contributed by atoms with Crippen LogP contribution >= 0.6 is 0 Å². The number of rotatable bonds is 6. The first-order valence-corrected chi connectivity index (χ1v) is 9.35. The van der Waals surface area contributed by atoms with Crippen molar-refractivity contribution in [3.05, 3.63) is 78.1 Å². The molecule has 0 aliphatic rings. The van der Waals surface area contributed by atoms with E-state index in [0.29, 0.717) is 24.5 Å². The lowest BCUT2D eigenvalue weighted by molar-refractivity contribution is -0.137. The lowest BCUT2D eigenvalue weighted by Gasteiger charge is -2.13. The van der Waals surface area contributed by atoms with Gasteiger partial charge in [0, 0.05) is 42.0 Å².